The molecule has 0 radical (unpaired) electrons. The fourth-order valence-corrected chi connectivity index (χ4v) is 4.89. The Kier molecular flexibility index (Phi) is 3.99. The Labute approximate surface area is 151 Å². The van der Waals surface area contributed by atoms with Crippen molar-refractivity contribution >= 4 is 29.3 Å². The van der Waals surface area contributed by atoms with Crippen molar-refractivity contribution in [1.82, 2.24) is 0 Å². The lowest BCUT2D eigenvalue weighted by atomic mass is 9.81. The second-order valence-corrected chi connectivity index (χ2v) is 7.55. The highest BCUT2D eigenvalue weighted by atomic mass is 35.5. The number of rotatable bonds is 5. The number of fused-ring (bicyclic) bond motifs is 1. The molecule has 1 heterocycles. The van der Waals surface area contributed by atoms with Crippen molar-refractivity contribution in [1.29, 1.82) is 0 Å². The Bertz CT molecular complexity index is 754. The maximum Gasteiger partial charge on any atom is 0.325 e. The summed E-state index contributed by atoms with van der Waals surface area (Å²) in [6.45, 7) is 7.10. The number of esters is 2. The minimum Gasteiger partial charge on any atom is -0.465 e. The van der Waals surface area contributed by atoms with Crippen molar-refractivity contribution in [2.75, 3.05) is 6.61 Å². The normalized spacial score (nSPS) is 31.9. The molecule has 1 saturated carbocycles. The van der Waals surface area contributed by atoms with E-state index in [1.807, 2.05) is 6.92 Å². The molecule has 1 aliphatic heterocycles. The van der Waals surface area contributed by atoms with E-state index in [-0.39, 0.29) is 12.4 Å². The number of hydrogen-bond acceptors (Lipinski definition) is 5. The molecular formula is C19H21ClO5. The van der Waals surface area contributed by atoms with Crippen LogP contribution in [0.5, 0.6) is 0 Å². The molecule has 1 aromatic rings. The van der Waals surface area contributed by atoms with Crippen LogP contribution in [0.25, 0.3) is 0 Å². The quantitative estimate of drug-likeness (QED) is 0.455. The summed E-state index contributed by atoms with van der Waals surface area (Å²) in [4.78, 5) is 38.9. The Morgan fingerprint density at radius 2 is 1.80 bits per heavy atom. The molecule has 25 heavy (non-hydrogen) atoms. The summed E-state index contributed by atoms with van der Waals surface area (Å²) < 4.78 is 10.6. The Morgan fingerprint density at radius 3 is 2.32 bits per heavy atom. The zero-order chi connectivity index (χ0) is 18.6. The molecule has 2 aliphatic rings. The Balaban J connectivity index is 2.14. The summed E-state index contributed by atoms with van der Waals surface area (Å²) in [5.41, 5.74) is -3.20. The van der Waals surface area contributed by atoms with Gasteiger partial charge < -0.3 is 9.47 Å². The monoisotopic (exact) mass is 364 g/mol. The highest BCUT2D eigenvalue weighted by Crippen LogP contribution is 2.80. The fraction of sp³-hybridized carbons (Fsp3) is 0.526. The number of cyclic esters (lactones) is 1. The lowest BCUT2D eigenvalue weighted by molar-refractivity contribution is -0.166. The number of benzene rings is 1. The van der Waals surface area contributed by atoms with Crippen LogP contribution in [0, 0.1) is 16.7 Å². The summed E-state index contributed by atoms with van der Waals surface area (Å²) in [5, 5.41) is 0.512. The molecule has 0 spiro atoms. The minimum absolute atomic E-state index is 0.135. The van der Waals surface area contributed by atoms with Crippen molar-refractivity contribution in [3.63, 3.8) is 0 Å². The van der Waals surface area contributed by atoms with Crippen molar-refractivity contribution in [2.45, 2.75) is 39.7 Å². The molecule has 0 unspecified atom stereocenters. The lowest BCUT2D eigenvalue weighted by Gasteiger charge is -2.28. The van der Waals surface area contributed by atoms with Crippen LogP contribution in [0.1, 0.15) is 44.5 Å². The van der Waals surface area contributed by atoms with E-state index in [0.717, 1.165) is 0 Å². The number of halogens is 1. The lowest BCUT2D eigenvalue weighted by Crippen LogP contribution is -2.40. The van der Waals surface area contributed by atoms with E-state index in [4.69, 9.17) is 21.1 Å². The molecule has 2 fully saturated rings. The van der Waals surface area contributed by atoms with Crippen LogP contribution in [0.2, 0.25) is 5.02 Å². The molecule has 0 aromatic heterocycles. The van der Waals surface area contributed by atoms with Gasteiger partial charge in [0.05, 0.1) is 12.0 Å². The van der Waals surface area contributed by atoms with Gasteiger partial charge in [-0.1, -0.05) is 18.5 Å². The van der Waals surface area contributed by atoms with E-state index in [1.54, 1.807) is 45.0 Å². The van der Waals surface area contributed by atoms with Crippen LogP contribution in [0.3, 0.4) is 0 Å². The predicted molar refractivity (Wildman–Crippen MR) is 91.2 cm³/mol. The van der Waals surface area contributed by atoms with Crippen molar-refractivity contribution in [2.24, 2.45) is 16.7 Å². The highest BCUT2D eigenvalue weighted by Gasteiger charge is 2.95. The summed E-state index contributed by atoms with van der Waals surface area (Å²) in [6, 6.07) is 6.48. The summed E-state index contributed by atoms with van der Waals surface area (Å²) in [5.74, 6) is -2.12. The first-order chi connectivity index (χ1) is 11.7. The molecule has 5 nitrogen and oxygen atoms in total. The van der Waals surface area contributed by atoms with E-state index in [2.05, 4.69) is 0 Å². The van der Waals surface area contributed by atoms with Gasteiger partial charge in [0.15, 0.2) is 11.2 Å². The zero-order valence-corrected chi connectivity index (χ0v) is 15.5. The van der Waals surface area contributed by atoms with Gasteiger partial charge in [-0.3, -0.25) is 14.4 Å². The summed E-state index contributed by atoms with van der Waals surface area (Å²) >= 11 is 5.90. The molecule has 3 atom stereocenters. The number of carbonyl (C=O) groups excluding carboxylic acids is 3. The SMILES string of the molecule is CCOC(=O)[C@]12C(=O)OC(C)(C)[C@H]1[C@@]2(CC)C(=O)c1ccc(Cl)cc1. The van der Waals surface area contributed by atoms with Gasteiger partial charge in [-0.25, -0.2) is 0 Å². The number of ketones is 1. The molecule has 0 bridgehead atoms. The molecule has 0 N–H and O–H groups in total. The highest BCUT2D eigenvalue weighted by molar-refractivity contribution is 6.30. The van der Waals surface area contributed by atoms with Crippen LogP contribution in [-0.4, -0.2) is 29.9 Å². The van der Waals surface area contributed by atoms with E-state index >= 15 is 0 Å². The van der Waals surface area contributed by atoms with E-state index in [9.17, 15) is 14.4 Å². The number of ether oxygens (including phenoxy) is 2. The smallest absolute Gasteiger partial charge is 0.325 e. The zero-order valence-electron chi connectivity index (χ0n) is 14.7. The van der Waals surface area contributed by atoms with Crippen molar-refractivity contribution in [3.05, 3.63) is 34.9 Å². The summed E-state index contributed by atoms with van der Waals surface area (Å²) in [7, 11) is 0. The third-order valence-corrected chi connectivity index (χ3v) is 5.84. The average Bonchev–Trinajstić information content (AvgIpc) is 3.15. The largest absolute Gasteiger partial charge is 0.465 e. The van der Waals surface area contributed by atoms with Crippen LogP contribution < -0.4 is 0 Å². The second-order valence-electron chi connectivity index (χ2n) is 7.12. The molecule has 0 amide bonds. The molecule has 134 valence electrons. The van der Waals surface area contributed by atoms with Gasteiger partial charge in [0.2, 0.25) is 0 Å². The van der Waals surface area contributed by atoms with E-state index < -0.39 is 34.3 Å². The van der Waals surface area contributed by atoms with Crippen LogP contribution in [0.4, 0.5) is 0 Å². The standard InChI is InChI=1S/C19H21ClO5/c1-5-18(13(21)11-7-9-12(20)10-8-11)14-17(3,4)25-16(23)19(14,18)15(22)24-6-2/h7-10,14H,5-6H2,1-4H3/t14-,18+,19-/m0/s1. The first-order valence-electron chi connectivity index (χ1n) is 8.41. The van der Waals surface area contributed by atoms with Gasteiger partial charge >= 0.3 is 11.9 Å². The van der Waals surface area contributed by atoms with Crippen LogP contribution in [-0.2, 0) is 19.1 Å². The molecule has 1 aliphatic carbocycles. The third kappa shape index (κ3) is 2.05. The van der Waals surface area contributed by atoms with Gasteiger partial charge in [0.25, 0.3) is 0 Å². The second kappa shape index (κ2) is 5.56. The number of Topliss-reactive ketones (excluding diaryl/α,β-unsaturated/α-hetero) is 1. The molecular weight excluding hydrogens is 344 g/mol. The van der Waals surface area contributed by atoms with Gasteiger partial charge in [-0.15, -0.1) is 0 Å². The predicted octanol–water partition coefficient (Wildman–Crippen LogP) is 3.43. The molecule has 6 heteroatoms. The van der Waals surface area contributed by atoms with Gasteiger partial charge in [-0.05, 0) is 51.5 Å². The third-order valence-electron chi connectivity index (χ3n) is 5.59. The van der Waals surface area contributed by atoms with Gasteiger partial charge in [0.1, 0.15) is 5.60 Å². The molecule has 1 aromatic carbocycles. The maximum atomic E-state index is 13.4. The minimum atomic E-state index is -1.56. The van der Waals surface area contributed by atoms with Gasteiger partial charge in [-0.2, -0.15) is 0 Å². The fourth-order valence-electron chi connectivity index (χ4n) is 4.77. The molecule has 1 saturated heterocycles. The van der Waals surface area contributed by atoms with Crippen LogP contribution >= 0.6 is 11.6 Å². The topological polar surface area (TPSA) is 69.7 Å². The van der Waals surface area contributed by atoms with E-state index in [1.165, 1.54) is 0 Å². The average molecular weight is 365 g/mol. The first kappa shape index (κ1) is 17.9. The molecule has 3 rings (SSSR count). The Hall–Kier alpha value is -1.88. The Morgan fingerprint density at radius 1 is 1.20 bits per heavy atom. The van der Waals surface area contributed by atoms with E-state index in [0.29, 0.717) is 17.0 Å². The number of carbonyl (C=O) groups is 3. The number of hydrogen-bond donors (Lipinski definition) is 0. The van der Waals surface area contributed by atoms with Crippen LogP contribution in [0.15, 0.2) is 24.3 Å². The van der Waals surface area contributed by atoms with Crippen molar-refractivity contribution < 1.29 is 23.9 Å². The summed E-state index contributed by atoms with van der Waals surface area (Å²) in [6.07, 6.45) is 0.344. The maximum absolute atomic E-state index is 13.4. The van der Waals surface area contributed by atoms with Gasteiger partial charge in [0, 0.05) is 16.5 Å². The van der Waals surface area contributed by atoms with Crippen molar-refractivity contribution in [3.8, 4) is 0 Å². The first-order valence-corrected chi connectivity index (χ1v) is 8.79.